The highest BCUT2D eigenvalue weighted by Gasteiger charge is 2.19. The Morgan fingerprint density at radius 3 is 0.744 bits per heavy atom. The molecule has 3 heterocycles. The lowest BCUT2D eigenvalue weighted by molar-refractivity contribution is 0.804. The zero-order valence-corrected chi connectivity index (χ0v) is 28.6. The van der Waals surface area contributed by atoms with Crippen LogP contribution in [-0.2, 0) is 0 Å². The van der Waals surface area contributed by atoms with Gasteiger partial charge in [0.2, 0.25) is 0 Å². The summed E-state index contributed by atoms with van der Waals surface area (Å²) in [5, 5.41) is 4.45. The quantitative estimate of drug-likeness (QED) is 0.189. The van der Waals surface area contributed by atoms with Crippen LogP contribution in [0.5, 0.6) is 0 Å². The fraction of sp³-hybridized carbons (Fsp3) is 0.500. The van der Waals surface area contributed by atoms with E-state index in [9.17, 15) is 0 Å². The molecule has 0 saturated carbocycles. The highest BCUT2D eigenvalue weighted by molar-refractivity contribution is 7.27. The highest BCUT2D eigenvalue weighted by Crippen LogP contribution is 2.48. The minimum Gasteiger partial charge on any atom is -0.139 e. The Labute approximate surface area is 249 Å². The second-order valence-corrected chi connectivity index (χ2v) is 16.3. The standard InChI is InChI=1S/C21H24S3.C15H24/c1-10(2)16-7-13-19(22-16)14-8-17(11(3)4)24-21(14)15-9-18(12(5)6)23-20(13)15;1-10(2)13-7-14(11(3)4)9-15(8-13)12(5)6/h7-12H,1-6H3;7-12H,1-6H3. The predicted octanol–water partition coefficient (Wildman–Crippen LogP) is 13.8. The average molecular weight is 577 g/mol. The average Bonchev–Trinajstić information content (AvgIpc) is 3.59. The second-order valence-electron chi connectivity index (χ2n) is 13.0. The van der Waals surface area contributed by atoms with E-state index >= 15 is 0 Å². The lowest BCUT2D eigenvalue weighted by Gasteiger charge is -2.16. The van der Waals surface area contributed by atoms with Gasteiger partial charge in [0.05, 0.1) is 0 Å². The maximum atomic E-state index is 2.46. The SMILES string of the molecule is CC(C)c1cc(C(C)C)cc(C(C)C)c1.CC(C)c1cc2c(s1)c1cc(C(C)C)sc1c1cc(C(C)C)sc21. The predicted molar refractivity (Wildman–Crippen MR) is 184 cm³/mol. The van der Waals surface area contributed by atoms with E-state index in [2.05, 4.69) is 119 Å². The van der Waals surface area contributed by atoms with E-state index in [1.165, 1.54) is 61.6 Å². The number of fused-ring (bicyclic) bond motifs is 6. The van der Waals surface area contributed by atoms with Crippen molar-refractivity contribution in [1.29, 1.82) is 0 Å². The van der Waals surface area contributed by atoms with Crippen LogP contribution in [0.25, 0.3) is 30.3 Å². The van der Waals surface area contributed by atoms with Crippen LogP contribution in [-0.4, -0.2) is 0 Å². The van der Waals surface area contributed by atoms with Crippen molar-refractivity contribution in [1.82, 2.24) is 0 Å². The van der Waals surface area contributed by atoms with Crippen LogP contribution in [0.1, 0.15) is 150 Å². The molecule has 0 nitrogen and oxygen atoms in total. The first kappa shape index (κ1) is 30.3. The van der Waals surface area contributed by atoms with Crippen molar-refractivity contribution >= 4 is 64.3 Å². The summed E-state index contributed by atoms with van der Waals surface area (Å²) in [5.41, 5.74) is 4.43. The summed E-state index contributed by atoms with van der Waals surface area (Å²) < 4.78 is 4.50. The molecule has 0 atom stereocenters. The molecule has 0 aliphatic carbocycles. The van der Waals surface area contributed by atoms with Crippen molar-refractivity contribution in [2.45, 2.75) is 119 Å². The fourth-order valence-corrected chi connectivity index (χ4v) is 8.66. The Hall–Kier alpha value is -1.68. The molecule has 210 valence electrons. The Kier molecular flexibility index (Phi) is 9.36. The van der Waals surface area contributed by atoms with Crippen molar-refractivity contribution in [2.75, 3.05) is 0 Å². The van der Waals surface area contributed by atoms with Crippen LogP contribution in [0.15, 0.2) is 36.4 Å². The lowest BCUT2D eigenvalue weighted by atomic mass is 9.90. The summed E-state index contributed by atoms with van der Waals surface area (Å²) in [4.78, 5) is 4.53. The van der Waals surface area contributed by atoms with E-state index < -0.39 is 0 Å². The molecule has 3 aromatic heterocycles. The van der Waals surface area contributed by atoms with Gasteiger partial charge in [-0.25, -0.2) is 0 Å². The van der Waals surface area contributed by atoms with Crippen molar-refractivity contribution < 1.29 is 0 Å². The van der Waals surface area contributed by atoms with Crippen molar-refractivity contribution in [3.05, 3.63) is 67.7 Å². The van der Waals surface area contributed by atoms with E-state index in [1.54, 1.807) is 0 Å². The van der Waals surface area contributed by atoms with Crippen LogP contribution >= 0.6 is 34.0 Å². The fourth-order valence-electron chi connectivity index (χ4n) is 4.89. The summed E-state index contributed by atoms with van der Waals surface area (Å²) in [6, 6.07) is 14.5. The third-order valence-electron chi connectivity index (χ3n) is 7.69. The number of hydrogen-bond acceptors (Lipinski definition) is 3. The maximum Gasteiger partial charge on any atom is 0.0447 e. The van der Waals surface area contributed by atoms with E-state index in [4.69, 9.17) is 0 Å². The van der Waals surface area contributed by atoms with Crippen LogP contribution in [0, 0.1) is 0 Å². The van der Waals surface area contributed by atoms with Gasteiger partial charge in [-0.2, -0.15) is 0 Å². The number of benzene rings is 2. The largest absolute Gasteiger partial charge is 0.139 e. The van der Waals surface area contributed by atoms with Gasteiger partial charge in [0.15, 0.2) is 0 Å². The molecule has 0 unspecified atom stereocenters. The van der Waals surface area contributed by atoms with Gasteiger partial charge in [0.1, 0.15) is 0 Å². The van der Waals surface area contributed by atoms with Crippen molar-refractivity contribution in [3.63, 3.8) is 0 Å². The highest BCUT2D eigenvalue weighted by atomic mass is 32.1. The third kappa shape index (κ3) is 6.31. The van der Waals surface area contributed by atoms with Gasteiger partial charge in [-0.15, -0.1) is 34.0 Å². The Morgan fingerprint density at radius 1 is 0.333 bits per heavy atom. The molecule has 0 saturated heterocycles. The van der Waals surface area contributed by atoms with Gasteiger partial charge in [-0.3, -0.25) is 0 Å². The Morgan fingerprint density at radius 2 is 0.564 bits per heavy atom. The molecule has 0 fully saturated rings. The minimum absolute atomic E-state index is 0.597. The number of thiophene rings is 3. The van der Waals surface area contributed by atoms with Crippen molar-refractivity contribution in [2.24, 2.45) is 0 Å². The van der Waals surface area contributed by atoms with Crippen LogP contribution in [0.4, 0.5) is 0 Å². The van der Waals surface area contributed by atoms with Crippen LogP contribution in [0.2, 0.25) is 0 Å². The first-order valence-electron chi connectivity index (χ1n) is 14.8. The summed E-state index contributed by atoms with van der Waals surface area (Å²) in [6.07, 6.45) is 0. The first-order valence-corrected chi connectivity index (χ1v) is 17.3. The molecule has 0 bridgehead atoms. The Bertz CT molecular complexity index is 1270. The van der Waals surface area contributed by atoms with Crippen LogP contribution in [0.3, 0.4) is 0 Å². The molecule has 5 rings (SSSR count). The molecule has 0 aliphatic rings. The molecular formula is C36H48S3. The molecule has 2 aromatic carbocycles. The zero-order valence-electron chi connectivity index (χ0n) is 26.2. The molecule has 3 heteroatoms. The smallest absolute Gasteiger partial charge is 0.0447 e. The summed E-state index contributed by atoms with van der Waals surface area (Å²) in [5.74, 6) is 3.67. The monoisotopic (exact) mass is 576 g/mol. The van der Waals surface area contributed by atoms with Gasteiger partial charge in [-0.1, -0.05) is 101 Å². The molecule has 0 spiro atoms. The molecule has 0 aliphatic heterocycles. The Balaban J connectivity index is 0.000000204. The van der Waals surface area contributed by atoms with E-state index in [-0.39, 0.29) is 0 Å². The number of hydrogen-bond donors (Lipinski definition) is 0. The van der Waals surface area contributed by atoms with E-state index in [0.717, 1.165) is 0 Å². The van der Waals surface area contributed by atoms with Gasteiger partial charge in [0.25, 0.3) is 0 Å². The van der Waals surface area contributed by atoms with E-state index in [0.29, 0.717) is 35.5 Å². The molecule has 0 N–H and O–H groups in total. The zero-order chi connectivity index (χ0) is 28.8. The second kappa shape index (κ2) is 12.0. The minimum atomic E-state index is 0.597. The molecule has 5 aromatic rings. The normalized spacial score (nSPS) is 12.5. The topological polar surface area (TPSA) is 0 Å². The van der Waals surface area contributed by atoms with Gasteiger partial charge >= 0.3 is 0 Å². The maximum absolute atomic E-state index is 2.46. The third-order valence-corrected chi connectivity index (χ3v) is 12.1. The van der Waals surface area contributed by atoms with Gasteiger partial charge < -0.3 is 0 Å². The van der Waals surface area contributed by atoms with Crippen LogP contribution < -0.4 is 0 Å². The van der Waals surface area contributed by atoms with Gasteiger partial charge in [0, 0.05) is 44.9 Å². The van der Waals surface area contributed by atoms with Crippen molar-refractivity contribution in [3.8, 4) is 0 Å². The summed E-state index contributed by atoms with van der Waals surface area (Å²) in [7, 11) is 0. The molecule has 0 radical (unpaired) electrons. The number of rotatable bonds is 6. The molecular weight excluding hydrogens is 529 g/mol. The lowest BCUT2D eigenvalue weighted by Crippen LogP contribution is -1.98. The molecule has 0 amide bonds. The summed E-state index contributed by atoms with van der Waals surface area (Å²) in [6.45, 7) is 27.4. The summed E-state index contributed by atoms with van der Waals surface area (Å²) >= 11 is 6.02. The van der Waals surface area contributed by atoms with Gasteiger partial charge in [-0.05, 0) is 70.4 Å². The van der Waals surface area contributed by atoms with E-state index in [1.807, 2.05) is 34.0 Å². The first-order chi connectivity index (χ1) is 18.3. The molecule has 39 heavy (non-hydrogen) atoms.